The molecular weight excluding hydrogens is 279 g/mol. The number of anilines is 1. The summed E-state index contributed by atoms with van der Waals surface area (Å²) >= 11 is 1.67. The SMILES string of the molecule is CSCCCNc1ccc(C(F)(F)F)c(C(=O)O)c1. The molecule has 0 spiro atoms. The van der Waals surface area contributed by atoms with Gasteiger partial charge >= 0.3 is 12.1 Å². The molecule has 106 valence electrons. The third kappa shape index (κ3) is 4.66. The van der Waals surface area contributed by atoms with Crippen LogP contribution in [0.5, 0.6) is 0 Å². The molecule has 2 N–H and O–H groups in total. The maximum atomic E-state index is 12.6. The first-order chi connectivity index (χ1) is 8.86. The van der Waals surface area contributed by atoms with Crippen molar-refractivity contribution in [1.29, 1.82) is 0 Å². The van der Waals surface area contributed by atoms with Crippen molar-refractivity contribution in [2.24, 2.45) is 0 Å². The number of benzene rings is 1. The lowest BCUT2D eigenvalue weighted by atomic mass is 10.1. The molecule has 0 aliphatic rings. The smallest absolute Gasteiger partial charge is 0.417 e. The number of halogens is 3. The van der Waals surface area contributed by atoms with Gasteiger partial charge in [0.1, 0.15) is 0 Å². The summed E-state index contributed by atoms with van der Waals surface area (Å²) in [6.45, 7) is 0.589. The topological polar surface area (TPSA) is 49.3 Å². The first-order valence-electron chi connectivity index (χ1n) is 5.53. The van der Waals surface area contributed by atoms with Crippen LogP contribution >= 0.6 is 11.8 Å². The minimum absolute atomic E-state index is 0.381. The third-order valence-corrected chi connectivity index (χ3v) is 3.11. The normalized spacial score (nSPS) is 11.4. The Balaban J connectivity index is 2.88. The van der Waals surface area contributed by atoms with Gasteiger partial charge in [0, 0.05) is 12.2 Å². The van der Waals surface area contributed by atoms with Crippen LogP contribution in [-0.4, -0.2) is 29.6 Å². The van der Waals surface area contributed by atoms with Gasteiger partial charge in [-0.25, -0.2) is 4.79 Å². The van der Waals surface area contributed by atoms with Crippen LogP contribution in [0.15, 0.2) is 18.2 Å². The zero-order valence-corrected chi connectivity index (χ0v) is 11.1. The molecule has 0 heterocycles. The van der Waals surface area contributed by atoms with Gasteiger partial charge in [-0.1, -0.05) is 0 Å². The van der Waals surface area contributed by atoms with Crippen molar-refractivity contribution in [3.05, 3.63) is 29.3 Å². The number of alkyl halides is 3. The molecule has 3 nitrogen and oxygen atoms in total. The van der Waals surface area contributed by atoms with Gasteiger partial charge in [0.25, 0.3) is 0 Å². The molecular formula is C12H14F3NO2S. The highest BCUT2D eigenvalue weighted by atomic mass is 32.2. The second-order valence-corrected chi connectivity index (χ2v) is 4.82. The fourth-order valence-electron chi connectivity index (χ4n) is 1.53. The minimum atomic E-state index is -4.66. The van der Waals surface area contributed by atoms with Crippen molar-refractivity contribution >= 4 is 23.4 Å². The second kappa shape index (κ2) is 6.70. The summed E-state index contributed by atoms with van der Waals surface area (Å²) in [5, 5.41) is 11.7. The van der Waals surface area contributed by atoms with E-state index in [1.807, 2.05) is 6.26 Å². The highest BCUT2D eigenvalue weighted by Gasteiger charge is 2.35. The van der Waals surface area contributed by atoms with Crippen LogP contribution in [0.2, 0.25) is 0 Å². The molecule has 0 atom stereocenters. The number of thioether (sulfide) groups is 1. The van der Waals surface area contributed by atoms with Crippen molar-refractivity contribution in [1.82, 2.24) is 0 Å². The lowest BCUT2D eigenvalue weighted by Gasteiger charge is -2.12. The van der Waals surface area contributed by atoms with E-state index in [-0.39, 0.29) is 0 Å². The van der Waals surface area contributed by atoms with E-state index in [0.717, 1.165) is 24.3 Å². The fraction of sp³-hybridized carbons (Fsp3) is 0.417. The molecule has 0 fully saturated rings. The average Bonchev–Trinajstić information content (AvgIpc) is 2.33. The highest BCUT2D eigenvalue weighted by molar-refractivity contribution is 7.98. The van der Waals surface area contributed by atoms with Crippen LogP contribution in [-0.2, 0) is 6.18 Å². The van der Waals surface area contributed by atoms with E-state index in [0.29, 0.717) is 12.2 Å². The van der Waals surface area contributed by atoms with Crippen LogP contribution < -0.4 is 5.32 Å². The monoisotopic (exact) mass is 293 g/mol. The van der Waals surface area contributed by atoms with Crippen LogP contribution in [0.25, 0.3) is 0 Å². The van der Waals surface area contributed by atoms with Crippen molar-refractivity contribution in [3.8, 4) is 0 Å². The molecule has 0 radical (unpaired) electrons. The molecule has 7 heteroatoms. The molecule has 0 amide bonds. The number of carbonyl (C=O) groups is 1. The van der Waals surface area contributed by atoms with E-state index in [4.69, 9.17) is 5.11 Å². The number of carboxylic acids is 1. The van der Waals surface area contributed by atoms with Crippen LogP contribution in [0.3, 0.4) is 0 Å². The van der Waals surface area contributed by atoms with Crippen LogP contribution in [0, 0.1) is 0 Å². The Kier molecular flexibility index (Phi) is 5.53. The van der Waals surface area contributed by atoms with Gasteiger partial charge in [-0.2, -0.15) is 24.9 Å². The molecule has 0 saturated carbocycles. The zero-order chi connectivity index (χ0) is 14.5. The van der Waals surface area contributed by atoms with E-state index < -0.39 is 23.3 Å². The predicted molar refractivity (Wildman–Crippen MR) is 69.9 cm³/mol. The number of hydrogen-bond acceptors (Lipinski definition) is 3. The first kappa shape index (κ1) is 15.7. The van der Waals surface area contributed by atoms with Crippen molar-refractivity contribution in [2.45, 2.75) is 12.6 Å². The lowest BCUT2D eigenvalue weighted by Crippen LogP contribution is -2.13. The molecule has 0 saturated heterocycles. The Hall–Kier alpha value is -1.37. The Morgan fingerprint density at radius 3 is 2.63 bits per heavy atom. The number of nitrogens with one attached hydrogen (secondary N) is 1. The third-order valence-electron chi connectivity index (χ3n) is 2.41. The Labute approximate surface area is 113 Å². The van der Waals surface area contributed by atoms with Gasteiger partial charge in [0.15, 0.2) is 0 Å². The molecule has 0 aliphatic heterocycles. The Morgan fingerprint density at radius 2 is 2.11 bits per heavy atom. The molecule has 1 rings (SSSR count). The van der Waals surface area contributed by atoms with Crippen LogP contribution in [0.4, 0.5) is 18.9 Å². The molecule has 0 aromatic heterocycles. The quantitative estimate of drug-likeness (QED) is 0.787. The largest absolute Gasteiger partial charge is 0.478 e. The van der Waals surface area contributed by atoms with Gasteiger partial charge < -0.3 is 10.4 Å². The highest BCUT2D eigenvalue weighted by Crippen LogP contribution is 2.33. The summed E-state index contributed by atoms with van der Waals surface area (Å²) in [5.41, 5.74) is -1.48. The summed E-state index contributed by atoms with van der Waals surface area (Å²) in [5.74, 6) is -0.653. The van der Waals surface area contributed by atoms with E-state index in [2.05, 4.69) is 5.32 Å². The van der Waals surface area contributed by atoms with Crippen molar-refractivity contribution < 1.29 is 23.1 Å². The maximum absolute atomic E-state index is 12.6. The summed E-state index contributed by atoms with van der Waals surface area (Å²) in [6.07, 6.45) is -1.85. The van der Waals surface area contributed by atoms with E-state index >= 15 is 0 Å². The zero-order valence-electron chi connectivity index (χ0n) is 10.3. The Morgan fingerprint density at radius 1 is 1.42 bits per heavy atom. The number of rotatable bonds is 6. The average molecular weight is 293 g/mol. The summed E-state index contributed by atoms with van der Waals surface area (Å²) in [7, 11) is 0. The van der Waals surface area contributed by atoms with E-state index in [1.165, 1.54) is 6.07 Å². The summed E-state index contributed by atoms with van der Waals surface area (Å²) in [6, 6.07) is 3.05. The number of aromatic carboxylic acids is 1. The first-order valence-corrected chi connectivity index (χ1v) is 6.93. The maximum Gasteiger partial charge on any atom is 0.417 e. The van der Waals surface area contributed by atoms with Gasteiger partial charge in [0.2, 0.25) is 0 Å². The standard InChI is InChI=1S/C12H14F3NO2S/c1-19-6-2-5-16-8-3-4-10(12(13,14)15)9(7-8)11(17)18/h3-4,7,16H,2,5-6H2,1H3,(H,17,18). The van der Waals surface area contributed by atoms with Gasteiger partial charge in [-0.05, 0) is 36.6 Å². The molecule has 1 aromatic rings. The van der Waals surface area contributed by atoms with Gasteiger partial charge in [-0.15, -0.1) is 0 Å². The molecule has 1 aromatic carbocycles. The van der Waals surface area contributed by atoms with Crippen LogP contribution in [0.1, 0.15) is 22.3 Å². The fourth-order valence-corrected chi connectivity index (χ4v) is 1.96. The molecule has 19 heavy (non-hydrogen) atoms. The predicted octanol–water partition coefficient (Wildman–Crippen LogP) is 3.57. The molecule has 0 aliphatic carbocycles. The van der Waals surface area contributed by atoms with Crippen molar-refractivity contribution in [3.63, 3.8) is 0 Å². The summed E-state index contributed by atoms with van der Waals surface area (Å²) < 4.78 is 37.8. The van der Waals surface area contributed by atoms with E-state index in [1.54, 1.807) is 11.8 Å². The van der Waals surface area contributed by atoms with Gasteiger partial charge in [-0.3, -0.25) is 0 Å². The van der Waals surface area contributed by atoms with Gasteiger partial charge in [0.05, 0.1) is 11.1 Å². The van der Waals surface area contributed by atoms with Crippen molar-refractivity contribution in [2.75, 3.05) is 23.9 Å². The molecule has 0 bridgehead atoms. The minimum Gasteiger partial charge on any atom is -0.478 e. The molecule has 0 unspecified atom stereocenters. The van der Waals surface area contributed by atoms with E-state index in [9.17, 15) is 18.0 Å². The summed E-state index contributed by atoms with van der Waals surface area (Å²) in [4.78, 5) is 10.9. The Bertz CT molecular complexity index is 449. The number of hydrogen-bond donors (Lipinski definition) is 2. The number of carboxylic acid groups (broad SMARTS) is 1. The lowest BCUT2D eigenvalue weighted by molar-refractivity contribution is -0.138. The second-order valence-electron chi connectivity index (χ2n) is 3.84.